The molecule has 2 heterocycles. The molecule has 0 radical (unpaired) electrons. The lowest BCUT2D eigenvalue weighted by molar-refractivity contribution is -0.123. The summed E-state index contributed by atoms with van der Waals surface area (Å²) < 4.78 is 16.0. The number of carbonyl (C=O) groups is 2. The van der Waals surface area contributed by atoms with E-state index in [1.807, 2.05) is 42.6 Å². The first kappa shape index (κ1) is 19.0. The Kier molecular flexibility index (Phi) is 5.22. The van der Waals surface area contributed by atoms with Crippen LogP contribution >= 0.6 is 11.3 Å². The molecule has 1 aliphatic rings. The molecule has 29 heavy (non-hydrogen) atoms. The number of hydrogen-bond acceptors (Lipinski definition) is 6. The van der Waals surface area contributed by atoms with E-state index < -0.39 is 18.0 Å². The first-order valence-electron chi connectivity index (χ1n) is 9.07. The van der Waals surface area contributed by atoms with Gasteiger partial charge in [0, 0.05) is 17.3 Å². The maximum Gasteiger partial charge on any atom is 0.349 e. The molecule has 1 N–H and O–H groups in total. The summed E-state index contributed by atoms with van der Waals surface area (Å²) in [4.78, 5) is 25.6. The highest BCUT2D eigenvalue weighted by Crippen LogP contribution is 2.34. The van der Waals surface area contributed by atoms with Gasteiger partial charge in [0.1, 0.15) is 4.88 Å². The first-order valence-corrected chi connectivity index (χ1v) is 9.95. The van der Waals surface area contributed by atoms with Gasteiger partial charge < -0.3 is 19.5 Å². The Morgan fingerprint density at radius 3 is 2.62 bits per heavy atom. The van der Waals surface area contributed by atoms with Crippen molar-refractivity contribution in [1.29, 1.82) is 0 Å². The third-order valence-corrected chi connectivity index (χ3v) is 5.40. The average Bonchev–Trinajstić information content (AvgIpc) is 3.37. The molecule has 0 fully saturated rings. The molecule has 3 aromatic rings. The number of ether oxygens (including phenoxy) is 3. The standard InChI is InChI=1S/C22H19NO5S/c1-13-3-5-15(6-4-13)17-9-10-29-20(17)22(25)28-14(2)21(24)23-16-7-8-18-19(11-16)27-12-26-18/h3-11,14H,12H2,1-2H3,(H,23,24)/t14-/m1/s1. The number of carbonyl (C=O) groups excluding carboxylic acids is 2. The number of thiophene rings is 1. The summed E-state index contributed by atoms with van der Waals surface area (Å²) >= 11 is 1.29. The second-order valence-corrected chi connectivity index (χ2v) is 7.55. The third-order valence-electron chi connectivity index (χ3n) is 4.51. The van der Waals surface area contributed by atoms with E-state index in [1.54, 1.807) is 25.1 Å². The predicted molar refractivity (Wildman–Crippen MR) is 111 cm³/mol. The molecular formula is C22H19NO5S. The number of rotatable bonds is 5. The van der Waals surface area contributed by atoms with Gasteiger partial charge in [-0.1, -0.05) is 29.8 Å². The van der Waals surface area contributed by atoms with Crippen molar-refractivity contribution in [2.24, 2.45) is 0 Å². The highest BCUT2D eigenvalue weighted by Gasteiger charge is 2.23. The molecule has 6 nitrogen and oxygen atoms in total. The van der Waals surface area contributed by atoms with Gasteiger partial charge in [0.2, 0.25) is 6.79 Å². The number of anilines is 1. The largest absolute Gasteiger partial charge is 0.454 e. The SMILES string of the molecule is Cc1ccc(-c2ccsc2C(=O)O[C@H](C)C(=O)Nc2ccc3c(c2)OCO3)cc1. The van der Waals surface area contributed by atoms with E-state index in [2.05, 4.69) is 5.32 Å². The molecule has 0 aliphatic carbocycles. The summed E-state index contributed by atoms with van der Waals surface area (Å²) in [6, 6.07) is 14.9. The smallest absolute Gasteiger partial charge is 0.349 e. The van der Waals surface area contributed by atoms with Gasteiger partial charge in [-0.3, -0.25) is 4.79 Å². The first-order chi connectivity index (χ1) is 14.0. The number of hydrogen-bond donors (Lipinski definition) is 1. The predicted octanol–water partition coefficient (Wildman–Crippen LogP) is 4.64. The van der Waals surface area contributed by atoms with Gasteiger partial charge in [-0.15, -0.1) is 11.3 Å². The monoisotopic (exact) mass is 409 g/mol. The van der Waals surface area contributed by atoms with Crippen molar-refractivity contribution >= 4 is 28.9 Å². The fourth-order valence-electron chi connectivity index (χ4n) is 2.91. The Hall–Kier alpha value is -3.32. The van der Waals surface area contributed by atoms with E-state index in [-0.39, 0.29) is 6.79 Å². The zero-order valence-electron chi connectivity index (χ0n) is 15.9. The lowest BCUT2D eigenvalue weighted by atomic mass is 10.1. The van der Waals surface area contributed by atoms with E-state index in [4.69, 9.17) is 14.2 Å². The molecule has 4 rings (SSSR count). The van der Waals surface area contributed by atoms with E-state index in [0.29, 0.717) is 22.1 Å². The Bertz CT molecular complexity index is 1060. The molecule has 0 spiro atoms. The van der Waals surface area contributed by atoms with Crippen LogP contribution in [0, 0.1) is 6.92 Å². The zero-order chi connectivity index (χ0) is 20.4. The molecule has 0 saturated heterocycles. The topological polar surface area (TPSA) is 73.9 Å². The van der Waals surface area contributed by atoms with E-state index in [0.717, 1.165) is 16.7 Å². The zero-order valence-corrected chi connectivity index (χ0v) is 16.7. The van der Waals surface area contributed by atoms with Crippen LogP contribution in [0.1, 0.15) is 22.2 Å². The normalized spacial score (nSPS) is 13.0. The molecule has 0 unspecified atom stereocenters. The van der Waals surface area contributed by atoms with E-state index in [9.17, 15) is 9.59 Å². The van der Waals surface area contributed by atoms with Crippen molar-refractivity contribution in [2.45, 2.75) is 20.0 Å². The number of benzene rings is 2. The molecule has 148 valence electrons. The van der Waals surface area contributed by atoms with Crippen molar-refractivity contribution in [2.75, 3.05) is 12.1 Å². The quantitative estimate of drug-likeness (QED) is 0.622. The molecule has 7 heteroatoms. The Labute approximate surface area is 172 Å². The van der Waals surface area contributed by atoms with Crippen molar-refractivity contribution < 1.29 is 23.8 Å². The van der Waals surface area contributed by atoms with Gasteiger partial charge >= 0.3 is 5.97 Å². The van der Waals surface area contributed by atoms with Crippen molar-refractivity contribution in [3.63, 3.8) is 0 Å². The van der Waals surface area contributed by atoms with E-state index >= 15 is 0 Å². The van der Waals surface area contributed by atoms with Gasteiger partial charge in [0.15, 0.2) is 17.6 Å². The Morgan fingerprint density at radius 2 is 1.83 bits per heavy atom. The molecule has 0 bridgehead atoms. The molecule has 2 aromatic carbocycles. The third kappa shape index (κ3) is 4.09. The molecular weight excluding hydrogens is 390 g/mol. The molecule has 1 aliphatic heterocycles. The number of esters is 1. The summed E-state index contributed by atoms with van der Waals surface area (Å²) in [5.74, 6) is 0.243. The maximum atomic E-state index is 12.7. The van der Waals surface area contributed by atoms with Crippen molar-refractivity contribution in [3.05, 3.63) is 64.4 Å². The van der Waals surface area contributed by atoms with Crippen molar-refractivity contribution in [1.82, 2.24) is 0 Å². The second-order valence-electron chi connectivity index (χ2n) is 6.63. The second kappa shape index (κ2) is 7.97. The minimum Gasteiger partial charge on any atom is -0.454 e. The Morgan fingerprint density at radius 1 is 1.07 bits per heavy atom. The molecule has 1 amide bonds. The lowest BCUT2D eigenvalue weighted by Crippen LogP contribution is -2.29. The van der Waals surface area contributed by atoms with Crippen LogP contribution in [0.4, 0.5) is 5.69 Å². The fraction of sp³-hybridized carbons (Fsp3) is 0.182. The minimum atomic E-state index is -0.958. The minimum absolute atomic E-state index is 0.158. The van der Waals surface area contributed by atoms with Crippen LogP contribution in [0.15, 0.2) is 53.9 Å². The summed E-state index contributed by atoms with van der Waals surface area (Å²) in [6.07, 6.45) is -0.958. The molecule has 1 aromatic heterocycles. The summed E-state index contributed by atoms with van der Waals surface area (Å²) in [6.45, 7) is 3.71. The van der Waals surface area contributed by atoms with Gasteiger partial charge in [-0.25, -0.2) is 4.79 Å². The maximum absolute atomic E-state index is 12.7. The van der Waals surface area contributed by atoms with Crippen molar-refractivity contribution in [3.8, 4) is 22.6 Å². The van der Waals surface area contributed by atoms with Gasteiger partial charge in [-0.05, 0) is 43.0 Å². The van der Waals surface area contributed by atoms with Gasteiger partial charge in [0.05, 0.1) is 0 Å². The fourth-order valence-corrected chi connectivity index (χ4v) is 3.71. The van der Waals surface area contributed by atoms with Crippen LogP contribution in [-0.4, -0.2) is 24.8 Å². The summed E-state index contributed by atoms with van der Waals surface area (Å²) in [5, 5.41) is 4.56. The lowest BCUT2D eigenvalue weighted by Gasteiger charge is -2.14. The van der Waals surface area contributed by atoms with Crippen LogP contribution < -0.4 is 14.8 Å². The van der Waals surface area contributed by atoms with Crippen LogP contribution in [0.3, 0.4) is 0 Å². The number of aryl methyl sites for hydroxylation is 1. The van der Waals surface area contributed by atoms with Gasteiger partial charge in [0.25, 0.3) is 5.91 Å². The number of fused-ring (bicyclic) bond motifs is 1. The highest BCUT2D eigenvalue weighted by atomic mass is 32.1. The Balaban J connectivity index is 1.43. The van der Waals surface area contributed by atoms with Gasteiger partial charge in [-0.2, -0.15) is 0 Å². The summed E-state index contributed by atoms with van der Waals surface area (Å²) in [5.41, 5.74) is 3.41. The van der Waals surface area contributed by atoms with Crippen LogP contribution in [0.2, 0.25) is 0 Å². The van der Waals surface area contributed by atoms with Crippen LogP contribution in [-0.2, 0) is 9.53 Å². The number of amides is 1. The average molecular weight is 409 g/mol. The molecule has 1 atom stereocenters. The highest BCUT2D eigenvalue weighted by molar-refractivity contribution is 7.12. The van der Waals surface area contributed by atoms with E-state index in [1.165, 1.54) is 11.3 Å². The van der Waals surface area contributed by atoms with Crippen LogP contribution in [0.5, 0.6) is 11.5 Å². The molecule has 0 saturated carbocycles. The number of nitrogens with one attached hydrogen (secondary N) is 1. The van der Waals surface area contributed by atoms with Crippen LogP contribution in [0.25, 0.3) is 11.1 Å². The summed E-state index contributed by atoms with van der Waals surface area (Å²) in [7, 11) is 0.